The first-order valence-electron chi connectivity index (χ1n) is 7.95. The third kappa shape index (κ3) is 4.76. The summed E-state index contributed by atoms with van der Waals surface area (Å²) in [5.74, 6) is -0.755. The van der Waals surface area contributed by atoms with Crippen LogP contribution in [0, 0.1) is 5.92 Å². The number of nitrogens with zero attached hydrogens (tertiary/aromatic N) is 1. The Morgan fingerprint density at radius 3 is 2.65 bits per heavy atom. The van der Waals surface area contributed by atoms with Crippen molar-refractivity contribution in [3.05, 3.63) is 29.8 Å². The lowest BCUT2D eigenvalue weighted by atomic mass is 10.00. The molecule has 23 heavy (non-hydrogen) atoms. The van der Waals surface area contributed by atoms with E-state index in [0.29, 0.717) is 24.5 Å². The van der Waals surface area contributed by atoms with Gasteiger partial charge in [0, 0.05) is 13.1 Å². The molecule has 0 bridgehead atoms. The fourth-order valence-electron chi connectivity index (χ4n) is 2.84. The predicted molar refractivity (Wildman–Crippen MR) is 87.8 cm³/mol. The van der Waals surface area contributed by atoms with E-state index in [1.807, 2.05) is 19.1 Å². The van der Waals surface area contributed by atoms with Crippen LogP contribution in [0.3, 0.4) is 0 Å². The molecule has 128 valence electrons. The summed E-state index contributed by atoms with van der Waals surface area (Å²) in [6.07, 6.45) is 2.58. The molecule has 1 aliphatic heterocycles. The number of benzene rings is 1. The van der Waals surface area contributed by atoms with E-state index in [-0.39, 0.29) is 12.5 Å². The predicted octanol–water partition coefficient (Wildman–Crippen LogP) is 1.32. The van der Waals surface area contributed by atoms with Crippen LogP contribution in [0.15, 0.2) is 29.2 Å². The van der Waals surface area contributed by atoms with Gasteiger partial charge in [-0.2, -0.15) is 4.31 Å². The van der Waals surface area contributed by atoms with Crippen LogP contribution in [-0.4, -0.2) is 50.0 Å². The Bertz CT molecular complexity index is 628. The van der Waals surface area contributed by atoms with E-state index < -0.39 is 16.0 Å². The Hall–Kier alpha value is -1.44. The zero-order chi connectivity index (χ0) is 16.9. The van der Waals surface area contributed by atoms with Gasteiger partial charge in [-0.3, -0.25) is 4.79 Å². The smallest absolute Gasteiger partial charge is 0.317 e. The van der Waals surface area contributed by atoms with Gasteiger partial charge in [-0.1, -0.05) is 19.1 Å². The monoisotopic (exact) mass is 340 g/mol. The Balaban J connectivity index is 2.02. The Labute approximate surface area is 137 Å². The molecule has 0 radical (unpaired) electrons. The average Bonchev–Trinajstić information content (AvgIpc) is 2.55. The Morgan fingerprint density at radius 1 is 1.35 bits per heavy atom. The molecule has 0 spiro atoms. The van der Waals surface area contributed by atoms with Crippen molar-refractivity contribution in [2.75, 3.05) is 26.2 Å². The fourth-order valence-corrected chi connectivity index (χ4v) is 4.40. The first-order valence-corrected chi connectivity index (χ1v) is 9.39. The van der Waals surface area contributed by atoms with Crippen LogP contribution in [-0.2, 0) is 21.2 Å². The molecule has 2 N–H and O–H groups in total. The van der Waals surface area contributed by atoms with Crippen molar-refractivity contribution >= 4 is 16.0 Å². The summed E-state index contributed by atoms with van der Waals surface area (Å²) in [7, 11) is -3.47. The molecule has 6 nitrogen and oxygen atoms in total. The highest BCUT2D eigenvalue weighted by atomic mass is 32.2. The van der Waals surface area contributed by atoms with Crippen molar-refractivity contribution in [2.24, 2.45) is 5.92 Å². The number of carbonyl (C=O) groups is 1. The maximum Gasteiger partial charge on any atom is 0.317 e. The molecule has 1 atom stereocenters. The molecule has 1 saturated heterocycles. The third-order valence-corrected chi connectivity index (χ3v) is 6.04. The molecule has 1 unspecified atom stereocenters. The van der Waals surface area contributed by atoms with Crippen molar-refractivity contribution in [3.8, 4) is 0 Å². The molecule has 7 heteroatoms. The van der Waals surface area contributed by atoms with E-state index in [9.17, 15) is 13.2 Å². The van der Waals surface area contributed by atoms with Crippen LogP contribution in [0.5, 0.6) is 0 Å². The van der Waals surface area contributed by atoms with Gasteiger partial charge in [-0.05, 0) is 49.4 Å². The lowest BCUT2D eigenvalue weighted by Crippen LogP contribution is -2.43. The topological polar surface area (TPSA) is 86.7 Å². The molecule has 1 heterocycles. The number of hydrogen-bond acceptors (Lipinski definition) is 4. The molecule has 1 fully saturated rings. The van der Waals surface area contributed by atoms with E-state index in [4.69, 9.17) is 5.11 Å². The molecular weight excluding hydrogens is 316 g/mol. The number of nitrogens with one attached hydrogen (secondary N) is 1. The van der Waals surface area contributed by atoms with Gasteiger partial charge < -0.3 is 10.4 Å². The van der Waals surface area contributed by atoms with Crippen molar-refractivity contribution in [2.45, 2.75) is 31.1 Å². The van der Waals surface area contributed by atoms with Crippen LogP contribution in [0.2, 0.25) is 0 Å². The minimum Gasteiger partial charge on any atom is -0.480 e. The number of aliphatic carboxylic acids is 1. The van der Waals surface area contributed by atoms with E-state index in [1.165, 1.54) is 4.31 Å². The molecule has 1 aromatic rings. The third-order valence-electron chi connectivity index (χ3n) is 4.16. The number of sulfonamides is 1. The quantitative estimate of drug-likeness (QED) is 0.782. The van der Waals surface area contributed by atoms with Crippen molar-refractivity contribution in [1.82, 2.24) is 9.62 Å². The van der Waals surface area contributed by atoms with Gasteiger partial charge in [-0.15, -0.1) is 0 Å². The molecule has 0 aromatic heterocycles. The minimum atomic E-state index is -3.47. The van der Waals surface area contributed by atoms with Crippen LogP contribution >= 0.6 is 0 Å². The van der Waals surface area contributed by atoms with Crippen molar-refractivity contribution < 1.29 is 18.3 Å². The number of rotatable bonds is 7. The van der Waals surface area contributed by atoms with E-state index in [1.54, 1.807) is 12.1 Å². The standard InChI is InChI=1S/C16H24N2O4S/c1-2-13-5-7-15(8-6-13)23(21,22)18-9-3-4-14(12-18)10-17-11-16(19)20/h5-8,14,17H,2-4,9-12H2,1H3,(H,19,20). The molecule has 0 amide bonds. The lowest BCUT2D eigenvalue weighted by Gasteiger charge is -2.32. The van der Waals surface area contributed by atoms with Crippen LogP contribution in [0.1, 0.15) is 25.3 Å². The summed E-state index contributed by atoms with van der Waals surface area (Å²) >= 11 is 0. The molecule has 1 aromatic carbocycles. The van der Waals surface area contributed by atoms with Gasteiger partial charge in [-0.25, -0.2) is 8.42 Å². The average molecular weight is 340 g/mol. The van der Waals surface area contributed by atoms with Gasteiger partial charge in [0.25, 0.3) is 0 Å². The highest BCUT2D eigenvalue weighted by Crippen LogP contribution is 2.23. The van der Waals surface area contributed by atoms with E-state index in [0.717, 1.165) is 24.8 Å². The van der Waals surface area contributed by atoms with Crippen LogP contribution < -0.4 is 5.32 Å². The number of carboxylic acids is 1. The summed E-state index contributed by atoms with van der Waals surface area (Å²) in [5, 5.41) is 11.5. The van der Waals surface area contributed by atoms with Gasteiger partial charge in [0.15, 0.2) is 0 Å². The largest absolute Gasteiger partial charge is 0.480 e. The minimum absolute atomic E-state index is 0.0955. The van der Waals surface area contributed by atoms with Crippen molar-refractivity contribution in [3.63, 3.8) is 0 Å². The first kappa shape index (κ1) is 17.9. The highest BCUT2D eigenvalue weighted by molar-refractivity contribution is 7.89. The Morgan fingerprint density at radius 2 is 2.04 bits per heavy atom. The van der Waals surface area contributed by atoms with Gasteiger partial charge >= 0.3 is 5.97 Å². The van der Waals surface area contributed by atoms with E-state index in [2.05, 4.69) is 5.32 Å². The fraction of sp³-hybridized carbons (Fsp3) is 0.562. The van der Waals surface area contributed by atoms with E-state index >= 15 is 0 Å². The highest BCUT2D eigenvalue weighted by Gasteiger charge is 2.30. The molecule has 1 aliphatic rings. The summed E-state index contributed by atoms with van der Waals surface area (Å²) in [5.41, 5.74) is 1.11. The maximum absolute atomic E-state index is 12.7. The van der Waals surface area contributed by atoms with Gasteiger partial charge in [0.2, 0.25) is 10.0 Å². The number of hydrogen-bond donors (Lipinski definition) is 2. The second kappa shape index (κ2) is 7.90. The second-order valence-electron chi connectivity index (χ2n) is 5.89. The van der Waals surface area contributed by atoms with Gasteiger partial charge in [0.1, 0.15) is 0 Å². The molecular formula is C16H24N2O4S. The van der Waals surface area contributed by atoms with Crippen LogP contribution in [0.4, 0.5) is 0 Å². The summed E-state index contributed by atoms with van der Waals surface area (Å²) < 4.78 is 27.0. The number of piperidine rings is 1. The first-order chi connectivity index (χ1) is 10.9. The summed E-state index contributed by atoms with van der Waals surface area (Å²) in [6.45, 7) is 3.41. The zero-order valence-electron chi connectivity index (χ0n) is 13.4. The summed E-state index contributed by atoms with van der Waals surface area (Å²) in [6, 6.07) is 7.03. The zero-order valence-corrected chi connectivity index (χ0v) is 14.2. The summed E-state index contributed by atoms with van der Waals surface area (Å²) in [4.78, 5) is 10.9. The lowest BCUT2D eigenvalue weighted by molar-refractivity contribution is -0.136. The number of aryl methyl sites for hydroxylation is 1. The maximum atomic E-state index is 12.7. The molecule has 0 saturated carbocycles. The van der Waals surface area contributed by atoms with Gasteiger partial charge in [0.05, 0.1) is 11.4 Å². The number of carboxylic acid groups (broad SMARTS) is 1. The normalized spacial score (nSPS) is 19.6. The molecule has 2 rings (SSSR count). The SMILES string of the molecule is CCc1ccc(S(=O)(=O)N2CCCC(CNCC(=O)O)C2)cc1. The van der Waals surface area contributed by atoms with Crippen molar-refractivity contribution in [1.29, 1.82) is 0 Å². The Kier molecular flexibility index (Phi) is 6.15. The second-order valence-corrected chi connectivity index (χ2v) is 7.83. The van der Waals surface area contributed by atoms with Crippen LogP contribution in [0.25, 0.3) is 0 Å². The molecule has 0 aliphatic carbocycles.